The number of likely N-dealkylation sites (N-methyl/N-ethyl adjacent to an activating group) is 1. The first-order chi connectivity index (χ1) is 7.86. The van der Waals surface area contributed by atoms with Crippen molar-refractivity contribution in [3.8, 4) is 12.3 Å². The van der Waals surface area contributed by atoms with Crippen molar-refractivity contribution in [2.75, 3.05) is 6.54 Å². The van der Waals surface area contributed by atoms with Gasteiger partial charge < -0.3 is 5.32 Å². The summed E-state index contributed by atoms with van der Waals surface area (Å²) in [6.07, 6.45) is 8.72. The molecule has 0 aromatic heterocycles. The molecule has 1 aromatic rings. The van der Waals surface area contributed by atoms with E-state index in [1.807, 2.05) is 0 Å². The van der Waals surface area contributed by atoms with Gasteiger partial charge in [0, 0.05) is 18.4 Å². The minimum atomic E-state index is 0.443. The van der Waals surface area contributed by atoms with Gasteiger partial charge in [-0.05, 0) is 30.5 Å². The van der Waals surface area contributed by atoms with Gasteiger partial charge in [-0.3, -0.25) is 0 Å². The smallest absolute Gasteiger partial charge is 0.0246 e. The number of rotatable bonds is 4. The fourth-order valence-corrected chi connectivity index (χ4v) is 2.75. The molecular formula is C15H19N. The molecule has 1 aliphatic rings. The average molecular weight is 213 g/mol. The number of nitrogens with one attached hydrogen (secondary N) is 1. The number of terminal acetylenes is 1. The predicted molar refractivity (Wildman–Crippen MR) is 68.4 cm³/mol. The quantitative estimate of drug-likeness (QED) is 0.758. The lowest BCUT2D eigenvalue weighted by atomic mass is 9.91. The van der Waals surface area contributed by atoms with Crippen LogP contribution < -0.4 is 5.32 Å². The summed E-state index contributed by atoms with van der Waals surface area (Å²) in [5.74, 6) is 3.40. The largest absolute Gasteiger partial charge is 0.313 e. The van der Waals surface area contributed by atoms with Crippen LogP contribution in [0.3, 0.4) is 0 Å². The molecule has 0 spiro atoms. The maximum absolute atomic E-state index is 5.46. The molecule has 84 valence electrons. The third-order valence-electron chi connectivity index (χ3n) is 3.47. The van der Waals surface area contributed by atoms with Gasteiger partial charge >= 0.3 is 0 Å². The molecule has 2 unspecified atom stereocenters. The van der Waals surface area contributed by atoms with E-state index in [0.29, 0.717) is 12.0 Å². The molecule has 0 fully saturated rings. The summed E-state index contributed by atoms with van der Waals surface area (Å²) in [6.45, 7) is 3.13. The molecule has 1 nitrogen and oxygen atoms in total. The van der Waals surface area contributed by atoms with Crippen LogP contribution in [0.5, 0.6) is 0 Å². The minimum absolute atomic E-state index is 0.443. The standard InChI is InChI=1S/C15H19N/c1-3-7-15(16-4-2)14-11-10-12-8-5-6-9-13(12)14/h1,5-6,8-9,14-16H,4,7,10-11H2,2H3. The first-order valence-corrected chi connectivity index (χ1v) is 6.11. The van der Waals surface area contributed by atoms with Crippen LogP contribution >= 0.6 is 0 Å². The molecule has 0 saturated heterocycles. The zero-order valence-corrected chi connectivity index (χ0v) is 9.87. The van der Waals surface area contributed by atoms with E-state index in [1.165, 1.54) is 24.0 Å². The van der Waals surface area contributed by atoms with Crippen LogP contribution in [0.2, 0.25) is 0 Å². The molecule has 0 saturated carbocycles. The third kappa shape index (κ3) is 2.13. The van der Waals surface area contributed by atoms with E-state index in [1.54, 1.807) is 0 Å². The molecule has 0 heterocycles. The fourth-order valence-electron chi connectivity index (χ4n) is 2.75. The van der Waals surface area contributed by atoms with Crippen LogP contribution in [0.15, 0.2) is 24.3 Å². The molecule has 1 aromatic carbocycles. The van der Waals surface area contributed by atoms with E-state index in [2.05, 4.69) is 42.4 Å². The normalized spacial score (nSPS) is 20.1. The van der Waals surface area contributed by atoms with Gasteiger partial charge in [0.1, 0.15) is 0 Å². The summed E-state index contributed by atoms with van der Waals surface area (Å²) in [7, 11) is 0. The Balaban J connectivity index is 2.19. The molecule has 1 heteroatoms. The highest BCUT2D eigenvalue weighted by atomic mass is 14.9. The van der Waals surface area contributed by atoms with Crippen molar-refractivity contribution in [3.05, 3.63) is 35.4 Å². The van der Waals surface area contributed by atoms with Gasteiger partial charge in [-0.2, -0.15) is 0 Å². The van der Waals surface area contributed by atoms with Gasteiger partial charge in [-0.1, -0.05) is 31.2 Å². The average Bonchev–Trinajstić information content (AvgIpc) is 2.72. The number of hydrogen-bond donors (Lipinski definition) is 1. The second kappa shape index (κ2) is 5.18. The van der Waals surface area contributed by atoms with Crippen molar-refractivity contribution in [2.24, 2.45) is 0 Å². The maximum atomic E-state index is 5.46. The Kier molecular flexibility index (Phi) is 3.64. The van der Waals surface area contributed by atoms with Crippen molar-refractivity contribution < 1.29 is 0 Å². The highest BCUT2D eigenvalue weighted by Crippen LogP contribution is 2.36. The van der Waals surface area contributed by atoms with Gasteiger partial charge in [0.2, 0.25) is 0 Å². The summed E-state index contributed by atoms with van der Waals surface area (Å²) in [5.41, 5.74) is 3.01. The lowest BCUT2D eigenvalue weighted by Gasteiger charge is -2.23. The Morgan fingerprint density at radius 1 is 1.50 bits per heavy atom. The number of benzene rings is 1. The summed E-state index contributed by atoms with van der Waals surface area (Å²) in [4.78, 5) is 0. The van der Waals surface area contributed by atoms with Crippen LogP contribution in [-0.4, -0.2) is 12.6 Å². The predicted octanol–water partition coefficient (Wildman–Crippen LogP) is 2.72. The minimum Gasteiger partial charge on any atom is -0.313 e. The zero-order chi connectivity index (χ0) is 11.4. The van der Waals surface area contributed by atoms with E-state index in [-0.39, 0.29) is 0 Å². The van der Waals surface area contributed by atoms with Gasteiger partial charge in [-0.15, -0.1) is 12.3 Å². The van der Waals surface area contributed by atoms with Crippen LogP contribution in [0.25, 0.3) is 0 Å². The SMILES string of the molecule is C#CCC(NCC)C1CCc2ccccc21. The van der Waals surface area contributed by atoms with Crippen LogP contribution in [0.4, 0.5) is 0 Å². The summed E-state index contributed by atoms with van der Waals surface area (Å²) < 4.78 is 0. The highest BCUT2D eigenvalue weighted by molar-refractivity contribution is 5.36. The Bertz CT molecular complexity index is 389. The monoisotopic (exact) mass is 213 g/mol. The Hall–Kier alpha value is -1.26. The summed E-state index contributed by atoms with van der Waals surface area (Å²) in [6, 6.07) is 9.21. The summed E-state index contributed by atoms with van der Waals surface area (Å²) >= 11 is 0. The van der Waals surface area contributed by atoms with Crippen LogP contribution in [0, 0.1) is 12.3 Å². The molecule has 2 rings (SSSR count). The van der Waals surface area contributed by atoms with E-state index < -0.39 is 0 Å². The molecule has 16 heavy (non-hydrogen) atoms. The topological polar surface area (TPSA) is 12.0 Å². The number of aryl methyl sites for hydroxylation is 1. The molecular weight excluding hydrogens is 194 g/mol. The lowest BCUT2D eigenvalue weighted by molar-refractivity contribution is 0.445. The Morgan fingerprint density at radius 2 is 2.31 bits per heavy atom. The van der Waals surface area contributed by atoms with E-state index in [9.17, 15) is 0 Å². The van der Waals surface area contributed by atoms with Crippen molar-refractivity contribution in [1.82, 2.24) is 5.32 Å². The maximum Gasteiger partial charge on any atom is 0.0246 e. The second-order valence-electron chi connectivity index (χ2n) is 4.42. The fraction of sp³-hybridized carbons (Fsp3) is 0.467. The van der Waals surface area contributed by atoms with Gasteiger partial charge in [0.25, 0.3) is 0 Å². The Morgan fingerprint density at radius 3 is 3.06 bits per heavy atom. The highest BCUT2D eigenvalue weighted by Gasteiger charge is 2.28. The first kappa shape index (κ1) is 11.2. The van der Waals surface area contributed by atoms with Crippen molar-refractivity contribution in [2.45, 2.75) is 38.1 Å². The van der Waals surface area contributed by atoms with E-state index >= 15 is 0 Å². The van der Waals surface area contributed by atoms with Crippen molar-refractivity contribution >= 4 is 0 Å². The number of hydrogen-bond acceptors (Lipinski definition) is 1. The molecule has 0 amide bonds. The Labute approximate surface area is 98.3 Å². The summed E-state index contributed by atoms with van der Waals surface area (Å²) in [5, 5.41) is 3.52. The molecule has 0 radical (unpaired) electrons. The van der Waals surface area contributed by atoms with Crippen LogP contribution in [0.1, 0.15) is 36.8 Å². The van der Waals surface area contributed by atoms with Crippen LogP contribution in [-0.2, 0) is 6.42 Å². The third-order valence-corrected chi connectivity index (χ3v) is 3.47. The van der Waals surface area contributed by atoms with E-state index in [0.717, 1.165) is 13.0 Å². The molecule has 1 N–H and O–H groups in total. The molecule has 0 bridgehead atoms. The first-order valence-electron chi connectivity index (χ1n) is 6.11. The number of fused-ring (bicyclic) bond motifs is 1. The van der Waals surface area contributed by atoms with Gasteiger partial charge in [0.05, 0.1) is 0 Å². The molecule has 0 aliphatic heterocycles. The van der Waals surface area contributed by atoms with Gasteiger partial charge in [-0.25, -0.2) is 0 Å². The van der Waals surface area contributed by atoms with Crippen molar-refractivity contribution in [3.63, 3.8) is 0 Å². The van der Waals surface area contributed by atoms with Gasteiger partial charge in [0.15, 0.2) is 0 Å². The van der Waals surface area contributed by atoms with E-state index in [4.69, 9.17) is 6.42 Å². The zero-order valence-electron chi connectivity index (χ0n) is 9.87. The molecule has 2 atom stereocenters. The second-order valence-corrected chi connectivity index (χ2v) is 4.42. The van der Waals surface area contributed by atoms with Crippen molar-refractivity contribution in [1.29, 1.82) is 0 Å². The molecule has 1 aliphatic carbocycles. The lowest BCUT2D eigenvalue weighted by Crippen LogP contribution is -2.33.